The number of rotatable bonds is 13. The number of likely N-dealkylation sites (N-methyl/N-ethyl adjacent to an activating group) is 1. The second kappa shape index (κ2) is 14.6. The van der Waals surface area contributed by atoms with E-state index in [0.29, 0.717) is 18.7 Å². The van der Waals surface area contributed by atoms with Crippen molar-refractivity contribution in [2.45, 2.75) is 44.2 Å². The topological polar surface area (TPSA) is 86.8 Å². The third-order valence-electron chi connectivity index (χ3n) is 7.17. The molecule has 224 valence electrons. The van der Waals surface area contributed by atoms with E-state index in [1.807, 2.05) is 49.4 Å². The Kier molecular flexibility index (Phi) is 10.7. The molecule has 4 aromatic rings. The lowest BCUT2D eigenvalue weighted by Crippen LogP contribution is -2.53. The Morgan fingerprint density at radius 1 is 0.791 bits per heavy atom. The molecule has 1 unspecified atom stereocenters. The van der Waals surface area contributed by atoms with Gasteiger partial charge in [0.25, 0.3) is 10.0 Å². The van der Waals surface area contributed by atoms with Crippen LogP contribution in [-0.2, 0) is 39.0 Å². The number of para-hydroxylation sites is 1. The fourth-order valence-electron chi connectivity index (χ4n) is 4.94. The summed E-state index contributed by atoms with van der Waals surface area (Å²) in [5.74, 6) is -1.58. The number of halogens is 1. The average Bonchev–Trinajstić information content (AvgIpc) is 3.03. The van der Waals surface area contributed by atoms with Crippen LogP contribution in [0.25, 0.3) is 0 Å². The Morgan fingerprint density at radius 3 is 2.00 bits per heavy atom. The molecule has 0 saturated heterocycles. The monoisotopic (exact) mass is 601 g/mol. The third-order valence-corrected chi connectivity index (χ3v) is 8.95. The first-order chi connectivity index (χ1) is 20.8. The van der Waals surface area contributed by atoms with E-state index in [-0.39, 0.29) is 23.4 Å². The van der Waals surface area contributed by atoms with E-state index in [4.69, 9.17) is 0 Å². The highest BCUT2D eigenvalue weighted by molar-refractivity contribution is 7.92. The van der Waals surface area contributed by atoms with Gasteiger partial charge in [-0.05, 0) is 48.7 Å². The van der Waals surface area contributed by atoms with Gasteiger partial charge in [-0.1, -0.05) is 91.9 Å². The lowest BCUT2D eigenvalue weighted by molar-refractivity contribution is -0.140. The van der Waals surface area contributed by atoms with Crippen LogP contribution in [0.15, 0.2) is 114 Å². The first kappa shape index (κ1) is 31.4. The van der Waals surface area contributed by atoms with Gasteiger partial charge in [-0.25, -0.2) is 12.8 Å². The van der Waals surface area contributed by atoms with Gasteiger partial charge in [-0.15, -0.1) is 0 Å². The number of nitrogens with one attached hydrogen (secondary N) is 1. The highest BCUT2D eigenvalue weighted by atomic mass is 32.2. The first-order valence-electron chi connectivity index (χ1n) is 14.3. The van der Waals surface area contributed by atoms with Gasteiger partial charge >= 0.3 is 0 Å². The lowest BCUT2D eigenvalue weighted by atomic mass is 10.0. The van der Waals surface area contributed by atoms with Crippen LogP contribution in [0.1, 0.15) is 30.5 Å². The molecule has 0 saturated carbocycles. The van der Waals surface area contributed by atoms with Gasteiger partial charge in [0, 0.05) is 25.1 Å². The summed E-state index contributed by atoms with van der Waals surface area (Å²) in [5.41, 5.74) is 2.12. The predicted octanol–water partition coefficient (Wildman–Crippen LogP) is 5.36. The van der Waals surface area contributed by atoms with Crippen molar-refractivity contribution in [2.24, 2.45) is 0 Å². The lowest BCUT2D eigenvalue weighted by Gasteiger charge is -2.34. The predicted molar refractivity (Wildman–Crippen MR) is 166 cm³/mol. The van der Waals surface area contributed by atoms with Gasteiger partial charge < -0.3 is 10.2 Å². The largest absolute Gasteiger partial charge is 0.355 e. The molecule has 9 heteroatoms. The van der Waals surface area contributed by atoms with Crippen molar-refractivity contribution >= 4 is 27.5 Å². The summed E-state index contributed by atoms with van der Waals surface area (Å²) in [6, 6.07) is 29.2. The van der Waals surface area contributed by atoms with Crippen molar-refractivity contribution < 1.29 is 22.4 Å². The van der Waals surface area contributed by atoms with E-state index in [0.717, 1.165) is 15.4 Å². The summed E-state index contributed by atoms with van der Waals surface area (Å²) in [7, 11) is -4.20. The highest BCUT2D eigenvalue weighted by Crippen LogP contribution is 2.28. The number of hydrogen-bond donors (Lipinski definition) is 1. The van der Waals surface area contributed by atoms with Crippen LogP contribution >= 0.6 is 0 Å². The second-order valence-corrected chi connectivity index (χ2v) is 11.9. The fourth-order valence-corrected chi connectivity index (χ4v) is 6.42. The number of carbonyl (C=O) groups is 2. The van der Waals surface area contributed by atoms with Gasteiger partial charge in [-0.3, -0.25) is 13.9 Å². The molecule has 1 atom stereocenters. The number of anilines is 1. The molecular weight excluding hydrogens is 565 g/mol. The molecule has 4 aromatic carbocycles. The van der Waals surface area contributed by atoms with E-state index in [9.17, 15) is 22.4 Å². The smallest absolute Gasteiger partial charge is 0.264 e. The van der Waals surface area contributed by atoms with E-state index in [1.165, 1.54) is 23.1 Å². The molecule has 0 radical (unpaired) electrons. The van der Waals surface area contributed by atoms with Crippen LogP contribution in [-0.4, -0.2) is 44.3 Å². The number of aryl methyl sites for hydroxylation is 1. The molecule has 0 bridgehead atoms. The minimum absolute atomic E-state index is 0.0268. The van der Waals surface area contributed by atoms with E-state index < -0.39 is 40.2 Å². The maximum Gasteiger partial charge on any atom is 0.264 e. The first-order valence-corrected chi connectivity index (χ1v) is 15.7. The van der Waals surface area contributed by atoms with Gasteiger partial charge in [-0.2, -0.15) is 0 Å². The summed E-state index contributed by atoms with van der Waals surface area (Å²) in [4.78, 5) is 29.2. The van der Waals surface area contributed by atoms with Crippen molar-refractivity contribution in [3.63, 3.8) is 0 Å². The number of hydrogen-bond acceptors (Lipinski definition) is 4. The van der Waals surface area contributed by atoms with Crippen LogP contribution in [0.4, 0.5) is 10.1 Å². The van der Waals surface area contributed by atoms with Crippen LogP contribution < -0.4 is 9.62 Å². The zero-order valence-corrected chi connectivity index (χ0v) is 25.1. The molecule has 0 aliphatic carbocycles. The zero-order chi connectivity index (χ0) is 30.8. The van der Waals surface area contributed by atoms with Crippen LogP contribution in [0, 0.1) is 5.82 Å². The van der Waals surface area contributed by atoms with Crippen LogP contribution in [0.2, 0.25) is 0 Å². The van der Waals surface area contributed by atoms with Crippen LogP contribution in [0.3, 0.4) is 0 Å². The average molecular weight is 602 g/mol. The maximum absolute atomic E-state index is 14.9. The van der Waals surface area contributed by atoms with Crippen molar-refractivity contribution in [2.75, 3.05) is 17.4 Å². The molecule has 0 aliphatic heterocycles. The van der Waals surface area contributed by atoms with Crippen LogP contribution in [0.5, 0.6) is 0 Å². The molecule has 43 heavy (non-hydrogen) atoms. The molecule has 4 rings (SSSR count). The molecule has 0 spiro atoms. The highest BCUT2D eigenvalue weighted by Gasteiger charge is 2.35. The molecule has 0 aliphatic rings. The standard InChI is InChI=1S/C34H36FN3O4S/c1-3-27-17-12-14-22-31(27)38(43(41,42)29-19-9-6-10-20-29)25-33(39)37(24-28-18-11-13-21-30(28)35)32(34(40)36-4-2)23-26-15-7-5-8-16-26/h5-22,32H,3-4,23-25H2,1-2H3,(H,36,40). The molecule has 7 nitrogen and oxygen atoms in total. The Hall–Kier alpha value is -4.50. The quantitative estimate of drug-likeness (QED) is 0.224. The van der Waals surface area contributed by atoms with Crippen molar-refractivity contribution in [3.05, 3.63) is 132 Å². The number of sulfonamides is 1. The number of nitrogens with zero attached hydrogens (tertiary/aromatic N) is 2. The number of carbonyl (C=O) groups excluding carboxylic acids is 2. The fraction of sp³-hybridized carbons (Fsp3) is 0.235. The van der Waals surface area contributed by atoms with Gasteiger partial charge in [0.2, 0.25) is 11.8 Å². The Bertz CT molecular complexity index is 1630. The molecule has 0 heterocycles. The second-order valence-electron chi connectivity index (χ2n) is 10.0. The van der Waals surface area contributed by atoms with Crippen molar-refractivity contribution in [3.8, 4) is 0 Å². The summed E-state index contributed by atoms with van der Waals surface area (Å²) in [6.45, 7) is 3.19. The Labute approximate surface area is 253 Å². The van der Waals surface area contributed by atoms with E-state index >= 15 is 0 Å². The van der Waals surface area contributed by atoms with Gasteiger partial charge in [0.05, 0.1) is 10.6 Å². The zero-order valence-electron chi connectivity index (χ0n) is 24.3. The van der Waals surface area contributed by atoms with Gasteiger partial charge in [0.15, 0.2) is 0 Å². The summed E-state index contributed by atoms with van der Waals surface area (Å²) in [5, 5.41) is 2.80. The SMILES string of the molecule is CCNC(=O)C(Cc1ccccc1)N(Cc1ccccc1F)C(=O)CN(c1ccccc1CC)S(=O)(=O)c1ccccc1. The Morgan fingerprint density at radius 2 is 1.37 bits per heavy atom. The minimum Gasteiger partial charge on any atom is -0.355 e. The third kappa shape index (κ3) is 7.67. The number of benzene rings is 4. The normalized spacial score (nSPS) is 11.9. The van der Waals surface area contributed by atoms with Crippen molar-refractivity contribution in [1.82, 2.24) is 10.2 Å². The minimum atomic E-state index is -4.20. The molecule has 0 fully saturated rings. The summed E-state index contributed by atoms with van der Waals surface area (Å²) >= 11 is 0. The molecular formula is C34H36FN3O4S. The Balaban J connectivity index is 1.82. The number of amides is 2. The summed E-state index contributed by atoms with van der Waals surface area (Å²) < 4.78 is 44.2. The molecule has 2 amide bonds. The molecule has 0 aromatic heterocycles. The maximum atomic E-state index is 14.9. The van der Waals surface area contributed by atoms with Gasteiger partial charge in [0.1, 0.15) is 18.4 Å². The van der Waals surface area contributed by atoms with E-state index in [2.05, 4.69) is 5.32 Å². The summed E-state index contributed by atoms with van der Waals surface area (Å²) in [6.07, 6.45) is 0.684. The van der Waals surface area contributed by atoms with E-state index in [1.54, 1.807) is 55.5 Å². The molecule has 1 N–H and O–H groups in total. The van der Waals surface area contributed by atoms with Crippen molar-refractivity contribution in [1.29, 1.82) is 0 Å².